The summed E-state index contributed by atoms with van der Waals surface area (Å²) in [5, 5.41) is 0. The number of hydrogen-bond acceptors (Lipinski definition) is 3. The third-order valence-corrected chi connectivity index (χ3v) is 5.10. The Morgan fingerprint density at radius 2 is 1.81 bits per heavy atom. The molecule has 3 heteroatoms. The van der Waals surface area contributed by atoms with Crippen molar-refractivity contribution in [3.63, 3.8) is 0 Å². The van der Waals surface area contributed by atoms with Crippen LogP contribution in [0.4, 0.5) is 5.69 Å². The zero-order chi connectivity index (χ0) is 14.5. The molecule has 1 aliphatic heterocycles. The Balaban J connectivity index is 1.41. The summed E-state index contributed by atoms with van der Waals surface area (Å²) in [7, 11) is 0. The maximum Gasteiger partial charge on any atom is 0.119 e. The third-order valence-electron chi connectivity index (χ3n) is 5.10. The van der Waals surface area contributed by atoms with Gasteiger partial charge in [0.05, 0.1) is 6.61 Å². The maximum absolute atomic E-state index is 5.81. The Kier molecular flexibility index (Phi) is 5.02. The van der Waals surface area contributed by atoms with Crippen LogP contribution in [0.3, 0.4) is 0 Å². The largest absolute Gasteiger partial charge is 0.494 e. The number of ether oxygens (including phenoxy) is 1. The standard InChI is InChI=1S/C18H28N2O/c19-16-8-10-17(11-9-16)21-14-4-13-20-12-3-6-15-5-1-2-7-18(15)20/h8-11,15,18H,1-7,12-14,19H2. The maximum atomic E-state index is 5.81. The molecule has 2 N–H and O–H groups in total. The summed E-state index contributed by atoms with van der Waals surface area (Å²) in [4.78, 5) is 2.74. The normalized spacial score (nSPS) is 26.3. The number of likely N-dealkylation sites (tertiary alicyclic amines) is 1. The Labute approximate surface area is 128 Å². The van der Waals surface area contributed by atoms with Crippen LogP contribution in [0.25, 0.3) is 0 Å². The van der Waals surface area contributed by atoms with E-state index in [0.29, 0.717) is 0 Å². The molecule has 0 spiro atoms. The Hall–Kier alpha value is -1.22. The van der Waals surface area contributed by atoms with E-state index in [4.69, 9.17) is 10.5 Å². The Morgan fingerprint density at radius 3 is 2.67 bits per heavy atom. The lowest BCUT2D eigenvalue weighted by Gasteiger charge is -2.44. The van der Waals surface area contributed by atoms with E-state index < -0.39 is 0 Å². The SMILES string of the molecule is Nc1ccc(OCCCN2CCCC3CCCCC32)cc1. The first-order valence-electron chi connectivity index (χ1n) is 8.55. The summed E-state index contributed by atoms with van der Waals surface area (Å²) in [5.41, 5.74) is 6.47. The highest BCUT2D eigenvalue weighted by atomic mass is 16.5. The van der Waals surface area contributed by atoms with Gasteiger partial charge in [0.2, 0.25) is 0 Å². The second-order valence-electron chi connectivity index (χ2n) is 6.56. The van der Waals surface area contributed by atoms with Gasteiger partial charge < -0.3 is 10.5 Å². The van der Waals surface area contributed by atoms with E-state index in [0.717, 1.165) is 36.4 Å². The van der Waals surface area contributed by atoms with Gasteiger partial charge in [-0.25, -0.2) is 0 Å². The van der Waals surface area contributed by atoms with E-state index in [1.807, 2.05) is 24.3 Å². The Morgan fingerprint density at radius 1 is 1.05 bits per heavy atom. The van der Waals surface area contributed by atoms with Gasteiger partial charge in [-0.3, -0.25) is 4.90 Å². The van der Waals surface area contributed by atoms with E-state index in [-0.39, 0.29) is 0 Å². The van der Waals surface area contributed by atoms with Gasteiger partial charge in [0, 0.05) is 18.3 Å². The number of hydrogen-bond donors (Lipinski definition) is 1. The number of anilines is 1. The van der Waals surface area contributed by atoms with E-state index in [2.05, 4.69) is 4.90 Å². The molecule has 2 unspecified atom stereocenters. The number of piperidine rings is 1. The highest BCUT2D eigenvalue weighted by molar-refractivity contribution is 5.41. The first kappa shape index (κ1) is 14.7. The first-order valence-corrected chi connectivity index (χ1v) is 8.55. The number of nitrogens with two attached hydrogens (primary N) is 1. The number of rotatable bonds is 5. The number of nitrogen functional groups attached to an aromatic ring is 1. The van der Waals surface area contributed by atoms with Crippen molar-refractivity contribution < 1.29 is 4.74 Å². The van der Waals surface area contributed by atoms with Crippen LogP contribution in [0.1, 0.15) is 44.9 Å². The molecule has 21 heavy (non-hydrogen) atoms. The lowest BCUT2D eigenvalue weighted by Crippen LogP contribution is -2.47. The summed E-state index contributed by atoms with van der Waals surface area (Å²) in [6, 6.07) is 8.56. The monoisotopic (exact) mass is 288 g/mol. The van der Waals surface area contributed by atoms with Crippen molar-refractivity contribution in [3.05, 3.63) is 24.3 Å². The van der Waals surface area contributed by atoms with Crippen molar-refractivity contribution in [3.8, 4) is 5.75 Å². The van der Waals surface area contributed by atoms with Gasteiger partial charge in [-0.15, -0.1) is 0 Å². The van der Waals surface area contributed by atoms with Crippen molar-refractivity contribution in [1.29, 1.82) is 0 Å². The summed E-state index contributed by atoms with van der Waals surface area (Å²) in [5.74, 6) is 1.91. The van der Waals surface area contributed by atoms with Crippen LogP contribution in [-0.4, -0.2) is 30.6 Å². The molecule has 0 amide bonds. The molecule has 3 nitrogen and oxygen atoms in total. The molecule has 1 saturated heterocycles. The fourth-order valence-corrected chi connectivity index (χ4v) is 4.03. The third kappa shape index (κ3) is 3.91. The molecule has 0 radical (unpaired) electrons. The van der Waals surface area contributed by atoms with Crippen LogP contribution < -0.4 is 10.5 Å². The minimum atomic E-state index is 0.791. The molecule has 1 aromatic carbocycles. The van der Waals surface area contributed by atoms with Crippen LogP contribution in [0.15, 0.2) is 24.3 Å². The summed E-state index contributed by atoms with van der Waals surface area (Å²) in [6.45, 7) is 3.29. The molecule has 2 fully saturated rings. The van der Waals surface area contributed by atoms with Gasteiger partial charge in [0.1, 0.15) is 5.75 Å². The van der Waals surface area contributed by atoms with Gasteiger partial charge in [-0.05, 0) is 68.8 Å². The highest BCUT2D eigenvalue weighted by Crippen LogP contribution is 2.35. The highest BCUT2D eigenvalue weighted by Gasteiger charge is 2.32. The quantitative estimate of drug-likeness (QED) is 0.663. The second-order valence-corrected chi connectivity index (χ2v) is 6.56. The van der Waals surface area contributed by atoms with Gasteiger partial charge in [0.25, 0.3) is 0 Å². The van der Waals surface area contributed by atoms with Crippen molar-refractivity contribution in [2.24, 2.45) is 5.92 Å². The molecule has 2 aliphatic rings. The molecule has 1 aliphatic carbocycles. The molecule has 3 rings (SSSR count). The second kappa shape index (κ2) is 7.17. The minimum Gasteiger partial charge on any atom is -0.494 e. The summed E-state index contributed by atoms with van der Waals surface area (Å²) < 4.78 is 5.81. The van der Waals surface area contributed by atoms with Gasteiger partial charge in [0.15, 0.2) is 0 Å². The molecular weight excluding hydrogens is 260 g/mol. The number of benzene rings is 1. The molecule has 1 saturated carbocycles. The number of nitrogens with zero attached hydrogens (tertiary/aromatic N) is 1. The van der Waals surface area contributed by atoms with Gasteiger partial charge >= 0.3 is 0 Å². The zero-order valence-electron chi connectivity index (χ0n) is 13.0. The van der Waals surface area contributed by atoms with E-state index in [9.17, 15) is 0 Å². The lowest BCUT2D eigenvalue weighted by atomic mass is 9.78. The topological polar surface area (TPSA) is 38.5 Å². The van der Waals surface area contributed by atoms with Crippen molar-refractivity contribution in [1.82, 2.24) is 4.90 Å². The van der Waals surface area contributed by atoms with Crippen molar-refractivity contribution in [2.45, 2.75) is 51.0 Å². The first-order chi connectivity index (χ1) is 10.3. The Bertz CT molecular complexity index is 429. The number of fused-ring (bicyclic) bond motifs is 1. The van der Waals surface area contributed by atoms with E-state index in [1.165, 1.54) is 51.6 Å². The molecule has 116 valence electrons. The van der Waals surface area contributed by atoms with E-state index >= 15 is 0 Å². The van der Waals surface area contributed by atoms with Crippen LogP contribution in [0.2, 0.25) is 0 Å². The molecule has 2 atom stereocenters. The van der Waals surface area contributed by atoms with Gasteiger partial charge in [-0.1, -0.05) is 12.8 Å². The average Bonchev–Trinajstić information content (AvgIpc) is 2.53. The predicted molar refractivity (Wildman–Crippen MR) is 87.5 cm³/mol. The molecule has 1 aromatic rings. The average molecular weight is 288 g/mol. The van der Waals surface area contributed by atoms with Crippen molar-refractivity contribution in [2.75, 3.05) is 25.4 Å². The molecular formula is C18H28N2O. The molecule has 0 bridgehead atoms. The van der Waals surface area contributed by atoms with Gasteiger partial charge in [-0.2, -0.15) is 0 Å². The van der Waals surface area contributed by atoms with E-state index in [1.54, 1.807) is 0 Å². The lowest BCUT2D eigenvalue weighted by molar-refractivity contribution is 0.0568. The smallest absolute Gasteiger partial charge is 0.119 e. The zero-order valence-corrected chi connectivity index (χ0v) is 13.0. The summed E-state index contributed by atoms with van der Waals surface area (Å²) >= 11 is 0. The predicted octanol–water partition coefficient (Wildman–Crippen LogP) is 3.69. The fourth-order valence-electron chi connectivity index (χ4n) is 4.03. The summed E-state index contributed by atoms with van der Waals surface area (Å²) in [6.07, 6.45) is 9.73. The van der Waals surface area contributed by atoms with Crippen LogP contribution in [0.5, 0.6) is 5.75 Å². The molecule has 1 heterocycles. The molecule has 0 aromatic heterocycles. The van der Waals surface area contributed by atoms with Crippen LogP contribution in [0, 0.1) is 5.92 Å². The fraction of sp³-hybridized carbons (Fsp3) is 0.667. The minimum absolute atomic E-state index is 0.791. The van der Waals surface area contributed by atoms with Crippen molar-refractivity contribution >= 4 is 5.69 Å². The van der Waals surface area contributed by atoms with Crippen LogP contribution in [-0.2, 0) is 0 Å². The van der Waals surface area contributed by atoms with Crippen LogP contribution >= 0.6 is 0 Å².